The van der Waals surface area contributed by atoms with Gasteiger partial charge in [-0.05, 0) is 12.1 Å². The number of aromatic nitrogens is 1. The summed E-state index contributed by atoms with van der Waals surface area (Å²) in [7, 11) is 1.51. The monoisotopic (exact) mass is 158 g/mol. The van der Waals surface area contributed by atoms with E-state index in [2.05, 4.69) is 9.99 Å². The highest BCUT2D eigenvalue weighted by Crippen LogP contribution is 2.20. The molecule has 5 nitrogen and oxygen atoms in total. The number of aryl methyl sites for hydroxylation is 1. The Bertz CT molecular complexity index is 234. The maximum Gasteiger partial charge on any atom is 0.259 e. The minimum atomic E-state index is 0.249. The molecule has 0 amide bonds. The molecule has 0 atom stereocenters. The smallest absolute Gasteiger partial charge is 0.259 e. The standard InChI is InChI=1S/C6H10N2O3/c1-4-5(3-10-7)6(9-2)8-11-4/h3,7H2,1-2H3. The van der Waals surface area contributed by atoms with Crippen LogP contribution < -0.4 is 10.6 Å². The SMILES string of the molecule is COc1noc(C)c1CON. The van der Waals surface area contributed by atoms with Gasteiger partial charge < -0.3 is 9.26 Å². The molecule has 0 radical (unpaired) electrons. The molecule has 0 bridgehead atoms. The fraction of sp³-hybridized carbons (Fsp3) is 0.500. The van der Waals surface area contributed by atoms with Gasteiger partial charge in [-0.2, -0.15) is 0 Å². The van der Waals surface area contributed by atoms with E-state index in [9.17, 15) is 0 Å². The summed E-state index contributed by atoms with van der Waals surface area (Å²) in [5.74, 6) is 5.97. The average molecular weight is 158 g/mol. The van der Waals surface area contributed by atoms with Crippen LogP contribution in [0.4, 0.5) is 0 Å². The number of nitrogens with zero attached hydrogens (tertiary/aromatic N) is 1. The summed E-state index contributed by atoms with van der Waals surface area (Å²) < 4.78 is 9.71. The van der Waals surface area contributed by atoms with E-state index in [-0.39, 0.29) is 6.61 Å². The summed E-state index contributed by atoms with van der Waals surface area (Å²) >= 11 is 0. The van der Waals surface area contributed by atoms with Crippen LogP contribution in [-0.2, 0) is 11.4 Å². The third-order valence-corrected chi connectivity index (χ3v) is 1.37. The lowest BCUT2D eigenvalue weighted by molar-refractivity contribution is 0.121. The van der Waals surface area contributed by atoms with Crippen LogP contribution in [0.25, 0.3) is 0 Å². The molecule has 62 valence electrons. The molecule has 5 heteroatoms. The van der Waals surface area contributed by atoms with Crippen molar-refractivity contribution in [3.63, 3.8) is 0 Å². The second kappa shape index (κ2) is 3.36. The van der Waals surface area contributed by atoms with Crippen LogP contribution in [0.3, 0.4) is 0 Å². The zero-order valence-electron chi connectivity index (χ0n) is 6.46. The van der Waals surface area contributed by atoms with E-state index in [1.807, 2.05) is 0 Å². The molecule has 0 fully saturated rings. The molecular weight excluding hydrogens is 148 g/mol. The molecule has 1 aromatic heterocycles. The normalized spacial score (nSPS) is 10.1. The number of ether oxygens (including phenoxy) is 1. The van der Waals surface area contributed by atoms with Crippen molar-refractivity contribution in [1.29, 1.82) is 0 Å². The van der Waals surface area contributed by atoms with Gasteiger partial charge in [0.15, 0.2) is 0 Å². The number of nitrogens with two attached hydrogens (primary N) is 1. The fourth-order valence-corrected chi connectivity index (χ4v) is 0.778. The van der Waals surface area contributed by atoms with Crippen LogP contribution in [-0.4, -0.2) is 12.3 Å². The molecule has 0 aromatic carbocycles. The minimum absolute atomic E-state index is 0.249. The van der Waals surface area contributed by atoms with Crippen molar-refractivity contribution in [2.24, 2.45) is 5.90 Å². The van der Waals surface area contributed by atoms with Crippen molar-refractivity contribution < 1.29 is 14.1 Å². The highest BCUT2D eigenvalue weighted by atomic mass is 16.6. The molecular formula is C6H10N2O3. The van der Waals surface area contributed by atoms with Crippen LogP contribution in [0.2, 0.25) is 0 Å². The maximum absolute atomic E-state index is 4.89. The van der Waals surface area contributed by atoms with Crippen molar-refractivity contribution in [3.8, 4) is 5.88 Å². The van der Waals surface area contributed by atoms with E-state index >= 15 is 0 Å². The Kier molecular flexibility index (Phi) is 2.45. The number of hydrogen-bond donors (Lipinski definition) is 1. The van der Waals surface area contributed by atoms with E-state index in [1.165, 1.54) is 7.11 Å². The molecule has 1 aromatic rings. The van der Waals surface area contributed by atoms with E-state index in [4.69, 9.17) is 15.2 Å². The Balaban J connectivity index is 2.88. The quantitative estimate of drug-likeness (QED) is 0.644. The number of hydrogen-bond acceptors (Lipinski definition) is 5. The lowest BCUT2D eigenvalue weighted by Crippen LogP contribution is -2.00. The number of rotatable bonds is 3. The summed E-state index contributed by atoms with van der Waals surface area (Å²) in [5.41, 5.74) is 0.745. The maximum atomic E-state index is 4.89. The minimum Gasteiger partial charge on any atom is -0.479 e. The van der Waals surface area contributed by atoms with E-state index in [0.29, 0.717) is 11.6 Å². The predicted octanol–water partition coefficient (Wildman–Crippen LogP) is 0.382. The van der Waals surface area contributed by atoms with E-state index in [0.717, 1.165) is 5.56 Å². The summed E-state index contributed by atoms with van der Waals surface area (Å²) in [6.07, 6.45) is 0. The van der Waals surface area contributed by atoms with Gasteiger partial charge in [0, 0.05) is 0 Å². The van der Waals surface area contributed by atoms with Crippen LogP contribution in [0.5, 0.6) is 5.88 Å². The molecule has 2 N–H and O–H groups in total. The topological polar surface area (TPSA) is 70.5 Å². The fourth-order valence-electron chi connectivity index (χ4n) is 0.778. The van der Waals surface area contributed by atoms with E-state index < -0.39 is 0 Å². The molecule has 0 saturated heterocycles. The third kappa shape index (κ3) is 1.50. The Morgan fingerprint density at radius 2 is 2.36 bits per heavy atom. The lowest BCUT2D eigenvalue weighted by Gasteiger charge is -1.97. The van der Waals surface area contributed by atoms with Gasteiger partial charge in [0.2, 0.25) is 0 Å². The largest absolute Gasteiger partial charge is 0.479 e. The Labute approximate surface area is 64.0 Å². The van der Waals surface area contributed by atoms with Gasteiger partial charge in [0.25, 0.3) is 5.88 Å². The molecule has 0 spiro atoms. The lowest BCUT2D eigenvalue weighted by atomic mass is 10.3. The average Bonchev–Trinajstić information content (AvgIpc) is 2.34. The van der Waals surface area contributed by atoms with E-state index in [1.54, 1.807) is 6.92 Å². The molecule has 0 saturated carbocycles. The molecule has 0 aliphatic heterocycles. The Morgan fingerprint density at radius 1 is 1.64 bits per heavy atom. The second-order valence-electron chi connectivity index (χ2n) is 2.04. The molecule has 0 aliphatic rings. The van der Waals surface area contributed by atoms with Crippen LogP contribution in [0.15, 0.2) is 4.52 Å². The summed E-state index contributed by atoms with van der Waals surface area (Å²) in [5, 5.41) is 3.62. The first-order valence-electron chi connectivity index (χ1n) is 3.10. The van der Waals surface area contributed by atoms with Crippen molar-refractivity contribution >= 4 is 0 Å². The van der Waals surface area contributed by atoms with Gasteiger partial charge in [-0.1, -0.05) is 0 Å². The first-order chi connectivity index (χ1) is 5.29. The van der Waals surface area contributed by atoms with Gasteiger partial charge in [0.1, 0.15) is 12.4 Å². The summed E-state index contributed by atoms with van der Waals surface area (Å²) in [6.45, 7) is 2.02. The van der Waals surface area contributed by atoms with Gasteiger partial charge >= 0.3 is 0 Å². The molecule has 0 unspecified atom stereocenters. The van der Waals surface area contributed by atoms with Gasteiger partial charge in [-0.15, -0.1) is 0 Å². The summed E-state index contributed by atoms with van der Waals surface area (Å²) in [6, 6.07) is 0. The van der Waals surface area contributed by atoms with Crippen molar-refractivity contribution in [3.05, 3.63) is 11.3 Å². The second-order valence-corrected chi connectivity index (χ2v) is 2.04. The molecule has 1 rings (SSSR count). The van der Waals surface area contributed by atoms with Crippen molar-refractivity contribution in [1.82, 2.24) is 5.16 Å². The first kappa shape index (κ1) is 8.03. The Morgan fingerprint density at radius 3 is 2.91 bits per heavy atom. The molecule has 0 aliphatic carbocycles. The van der Waals surface area contributed by atoms with Gasteiger partial charge in [-0.3, -0.25) is 4.84 Å². The highest BCUT2D eigenvalue weighted by molar-refractivity contribution is 5.26. The predicted molar refractivity (Wildman–Crippen MR) is 36.8 cm³/mol. The van der Waals surface area contributed by atoms with Gasteiger partial charge in [0.05, 0.1) is 12.7 Å². The van der Waals surface area contributed by atoms with Crippen LogP contribution >= 0.6 is 0 Å². The van der Waals surface area contributed by atoms with Crippen LogP contribution in [0.1, 0.15) is 11.3 Å². The summed E-state index contributed by atoms with van der Waals surface area (Å²) in [4.78, 5) is 4.43. The molecule has 11 heavy (non-hydrogen) atoms. The van der Waals surface area contributed by atoms with Crippen molar-refractivity contribution in [2.75, 3.05) is 7.11 Å². The van der Waals surface area contributed by atoms with Crippen molar-refractivity contribution in [2.45, 2.75) is 13.5 Å². The third-order valence-electron chi connectivity index (χ3n) is 1.37. The Hall–Kier alpha value is -1.07. The molecule has 1 heterocycles. The first-order valence-corrected chi connectivity index (χ1v) is 3.10. The highest BCUT2D eigenvalue weighted by Gasteiger charge is 2.12. The number of methoxy groups -OCH3 is 1. The zero-order valence-corrected chi connectivity index (χ0v) is 6.46. The van der Waals surface area contributed by atoms with Crippen LogP contribution in [0, 0.1) is 6.92 Å². The zero-order chi connectivity index (χ0) is 8.27. The van der Waals surface area contributed by atoms with Gasteiger partial charge in [-0.25, -0.2) is 5.90 Å².